The van der Waals surface area contributed by atoms with E-state index in [1.54, 1.807) is 0 Å². The molecular formula is C18H16ClN3. The van der Waals surface area contributed by atoms with Gasteiger partial charge in [0, 0.05) is 29.2 Å². The molecule has 0 saturated heterocycles. The molecule has 0 aliphatic heterocycles. The van der Waals surface area contributed by atoms with Crippen molar-refractivity contribution in [1.82, 2.24) is 0 Å². The molecule has 0 heterocycles. The van der Waals surface area contributed by atoms with Crippen molar-refractivity contribution in [1.29, 1.82) is 0 Å². The minimum Gasteiger partial charge on any atom is -0.399 e. The summed E-state index contributed by atoms with van der Waals surface area (Å²) in [6.45, 7) is 0. The van der Waals surface area contributed by atoms with Gasteiger partial charge in [0.25, 0.3) is 0 Å². The largest absolute Gasteiger partial charge is 0.399 e. The molecule has 3 aliphatic carbocycles. The monoisotopic (exact) mass is 309 g/mol. The third kappa shape index (κ3) is 2.07. The van der Waals surface area contributed by atoms with Crippen molar-refractivity contribution in [3.05, 3.63) is 75.3 Å². The van der Waals surface area contributed by atoms with E-state index >= 15 is 0 Å². The molecule has 0 radical (unpaired) electrons. The van der Waals surface area contributed by atoms with Crippen LogP contribution in [0.1, 0.15) is 6.42 Å². The predicted octanol–water partition coefficient (Wildman–Crippen LogP) is 1.70. The summed E-state index contributed by atoms with van der Waals surface area (Å²) in [6.07, 6.45) is 11.3. The zero-order chi connectivity index (χ0) is 14.4. The number of allylic oxidation sites excluding steroid dienone is 6. The van der Waals surface area contributed by atoms with E-state index in [4.69, 9.17) is 5.73 Å². The Morgan fingerprint density at radius 1 is 1.14 bits per heavy atom. The van der Waals surface area contributed by atoms with E-state index in [1.807, 2.05) is 18.2 Å². The fourth-order valence-corrected chi connectivity index (χ4v) is 3.59. The average molecular weight is 310 g/mol. The van der Waals surface area contributed by atoms with Gasteiger partial charge in [-0.3, -0.25) is 0 Å². The molecule has 1 aromatic rings. The van der Waals surface area contributed by atoms with Crippen LogP contribution in [0.4, 0.5) is 0 Å². The summed E-state index contributed by atoms with van der Waals surface area (Å²) >= 11 is 0. The van der Waals surface area contributed by atoms with Crippen molar-refractivity contribution in [2.24, 2.45) is 17.6 Å². The second kappa shape index (κ2) is 5.45. The first kappa shape index (κ1) is 14.6. The van der Waals surface area contributed by atoms with Gasteiger partial charge in [0.15, 0.2) is 0 Å². The standard InChI is InChI=1S/C18H15N3.ClH/c19-16-10-12-5-2-1-4-11(12)8-13-9-15-14(18(13)16)6-3-7-17(15)21-20;/h1-5,7-10,13-14H,6,19H2;1H. The van der Waals surface area contributed by atoms with E-state index in [1.165, 1.54) is 10.8 Å². The Bertz CT molecular complexity index is 899. The summed E-state index contributed by atoms with van der Waals surface area (Å²) in [5, 5.41) is 2.36. The van der Waals surface area contributed by atoms with Gasteiger partial charge in [-0.25, -0.2) is 0 Å². The number of nitrogens with zero attached hydrogens (tertiary/aromatic N) is 2. The lowest BCUT2D eigenvalue weighted by Gasteiger charge is -2.18. The molecule has 0 saturated carbocycles. The predicted molar refractivity (Wildman–Crippen MR) is 90.5 cm³/mol. The van der Waals surface area contributed by atoms with Gasteiger partial charge < -0.3 is 11.3 Å². The van der Waals surface area contributed by atoms with Gasteiger partial charge in [-0.15, -0.1) is 12.4 Å². The van der Waals surface area contributed by atoms with Gasteiger partial charge >= 0.3 is 5.71 Å². The van der Waals surface area contributed by atoms with E-state index in [2.05, 4.69) is 41.2 Å². The second-order valence-electron chi connectivity index (χ2n) is 5.67. The Hall–Kier alpha value is -2.35. The lowest BCUT2D eigenvalue weighted by atomic mass is 9.84. The lowest BCUT2D eigenvalue weighted by Crippen LogP contribution is -2.24. The maximum atomic E-state index is 9.18. The van der Waals surface area contributed by atoms with E-state index in [0.717, 1.165) is 22.9 Å². The molecule has 3 aliphatic rings. The third-order valence-electron chi connectivity index (χ3n) is 4.52. The Labute approximate surface area is 134 Å². The summed E-state index contributed by atoms with van der Waals surface area (Å²) in [4.78, 5) is 3.41. The van der Waals surface area contributed by atoms with Gasteiger partial charge in [0.2, 0.25) is 0 Å². The number of rotatable bonds is 0. The molecule has 1 aromatic carbocycles. The molecule has 2 atom stereocenters. The van der Waals surface area contributed by atoms with Gasteiger partial charge in [-0.2, -0.15) is 4.79 Å². The molecule has 2 N–H and O–H groups in total. The minimum atomic E-state index is 0. The highest BCUT2D eigenvalue weighted by atomic mass is 35.5. The fourth-order valence-electron chi connectivity index (χ4n) is 3.59. The highest BCUT2D eigenvalue weighted by molar-refractivity contribution is 6.07. The van der Waals surface area contributed by atoms with Crippen LogP contribution in [0.3, 0.4) is 0 Å². The van der Waals surface area contributed by atoms with Crippen LogP contribution in [-0.4, -0.2) is 10.5 Å². The summed E-state index contributed by atoms with van der Waals surface area (Å²) in [6, 6.07) is 8.28. The summed E-state index contributed by atoms with van der Waals surface area (Å²) in [7, 11) is 0. The SMILES string of the molecule is Cl.[N-]=[N+]=C1C=CCC2C1=CC1C=c3ccccc3=CC(N)=C12. The smallest absolute Gasteiger partial charge is 0.318 e. The molecule has 0 fully saturated rings. The van der Waals surface area contributed by atoms with E-state index in [-0.39, 0.29) is 24.2 Å². The maximum Gasteiger partial charge on any atom is 0.318 e. The van der Waals surface area contributed by atoms with Crippen molar-refractivity contribution >= 4 is 30.3 Å². The molecular weight excluding hydrogens is 294 g/mol. The van der Waals surface area contributed by atoms with Crippen molar-refractivity contribution in [3.63, 3.8) is 0 Å². The van der Waals surface area contributed by atoms with E-state index in [9.17, 15) is 5.53 Å². The first-order valence-electron chi connectivity index (χ1n) is 7.17. The highest BCUT2D eigenvalue weighted by Gasteiger charge is 2.38. The lowest BCUT2D eigenvalue weighted by molar-refractivity contribution is -0.00330. The first-order chi connectivity index (χ1) is 10.3. The normalized spacial score (nSPS) is 24.5. The van der Waals surface area contributed by atoms with Crippen LogP contribution in [0.5, 0.6) is 0 Å². The summed E-state index contributed by atoms with van der Waals surface area (Å²) in [5.74, 6) is 0.411. The highest BCUT2D eigenvalue weighted by Crippen LogP contribution is 2.43. The van der Waals surface area contributed by atoms with Crippen molar-refractivity contribution in [3.8, 4) is 0 Å². The van der Waals surface area contributed by atoms with Gasteiger partial charge in [0.05, 0.1) is 0 Å². The van der Waals surface area contributed by atoms with Crippen LogP contribution in [0, 0.1) is 11.8 Å². The molecule has 0 amide bonds. The minimum absolute atomic E-state index is 0. The molecule has 2 unspecified atom stereocenters. The average Bonchev–Trinajstić information content (AvgIpc) is 2.80. The van der Waals surface area contributed by atoms with Gasteiger partial charge in [-0.05, 0) is 28.5 Å². The molecule has 110 valence electrons. The number of hydrogen-bond acceptors (Lipinski definition) is 1. The van der Waals surface area contributed by atoms with Crippen LogP contribution in [0.15, 0.2) is 59.3 Å². The van der Waals surface area contributed by atoms with Gasteiger partial charge in [-0.1, -0.05) is 42.5 Å². The number of benzene rings is 1. The molecule has 4 heteroatoms. The maximum absolute atomic E-state index is 9.18. The van der Waals surface area contributed by atoms with Crippen LogP contribution < -0.4 is 16.2 Å². The van der Waals surface area contributed by atoms with Crippen molar-refractivity contribution in [2.45, 2.75) is 6.42 Å². The molecule has 4 rings (SSSR count). The molecule has 22 heavy (non-hydrogen) atoms. The number of fused-ring (bicyclic) bond motifs is 4. The van der Waals surface area contributed by atoms with Crippen LogP contribution >= 0.6 is 12.4 Å². The Kier molecular flexibility index (Phi) is 3.61. The fraction of sp³-hybridized carbons (Fsp3) is 0.167. The second-order valence-corrected chi connectivity index (χ2v) is 5.67. The molecule has 3 nitrogen and oxygen atoms in total. The third-order valence-corrected chi connectivity index (χ3v) is 4.52. The summed E-state index contributed by atoms with van der Waals surface area (Å²) in [5.41, 5.74) is 19.4. The van der Waals surface area contributed by atoms with Gasteiger partial charge in [0.1, 0.15) is 0 Å². The first-order valence-corrected chi connectivity index (χ1v) is 7.17. The van der Waals surface area contributed by atoms with Crippen LogP contribution in [0.25, 0.3) is 17.7 Å². The van der Waals surface area contributed by atoms with Crippen LogP contribution in [0.2, 0.25) is 0 Å². The van der Waals surface area contributed by atoms with E-state index < -0.39 is 0 Å². The zero-order valence-electron chi connectivity index (χ0n) is 11.9. The molecule has 0 aromatic heterocycles. The topological polar surface area (TPSA) is 62.4 Å². The van der Waals surface area contributed by atoms with Crippen molar-refractivity contribution in [2.75, 3.05) is 0 Å². The number of halogens is 1. The number of nitrogens with two attached hydrogens (primary N) is 1. The van der Waals surface area contributed by atoms with Crippen LogP contribution in [-0.2, 0) is 0 Å². The van der Waals surface area contributed by atoms with E-state index in [0.29, 0.717) is 5.71 Å². The molecule has 0 spiro atoms. The zero-order valence-corrected chi connectivity index (χ0v) is 12.8. The van der Waals surface area contributed by atoms with Crippen molar-refractivity contribution < 1.29 is 4.79 Å². The Morgan fingerprint density at radius 2 is 1.91 bits per heavy atom. The number of hydrogen-bond donors (Lipinski definition) is 1. The quantitative estimate of drug-likeness (QED) is 0.575. The Balaban J connectivity index is 0.00000144. The molecule has 0 bridgehead atoms. The summed E-state index contributed by atoms with van der Waals surface area (Å²) < 4.78 is 0. The Morgan fingerprint density at radius 3 is 2.68 bits per heavy atom.